The van der Waals surface area contributed by atoms with Gasteiger partial charge in [-0.15, -0.1) is 0 Å². The zero-order valence-corrected chi connectivity index (χ0v) is 38.9. The number of ether oxygens (including phenoxy) is 3. The highest BCUT2D eigenvalue weighted by Crippen LogP contribution is 2.19. The molecule has 7 nitrogen and oxygen atoms in total. The van der Waals surface area contributed by atoms with E-state index in [4.69, 9.17) is 14.2 Å². The number of nitrogens with one attached hydrogen (secondary N) is 1. The maximum absolute atomic E-state index is 12.5. The van der Waals surface area contributed by atoms with E-state index in [9.17, 15) is 14.4 Å². The van der Waals surface area contributed by atoms with Crippen molar-refractivity contribution < 1.29 is 28.6 Å². The summed E-state index contributed by atoms with van der Waals surface area (Å²) in [5.74, 6) is -0.145. The molecule has 1 aromatic rings. The number of carbonyl (C=O) groups is 3. The summed E-state index contributed by atoms with van der Waals surface area (Å²) in [4.78, 5) is 36.1. The second-order valence-electron chi connectivity index (χ2n) is 17.0. The molecule has 0 amide bonds. The summed E-state index contributed by atoms with van der Waals surface area (Å²) in [5.41, 5.74) is 1.04. The van der Waals surface area contributed by atoms with Crippen LogP contribution in [0.2, 0.25) is 0 Å². The number of esters is 3. The molecule has 60 heavy (non-hydrogen) atoms. The van der Waals surface area contributed by atoms with Gasteiger partial charge in [0.15, 0.2) is 0 Å². The Balaban J connectivity index is 2.00. The van der Waals surface area contributed by atoms with Crippen molar-refractivity contribution in [2.24, 2.45) is 0 Å². The second kappa shape index (κ2) is 44.1. The van der Waals surface area contributed by atoms with E-state index >= 15 is 0 Å². The van der Waals surface area contributed by atoms with E-state index in [0.717, 1.165) is 89.2 Å². The monoisotopic (exact) mass is 838 g/mol. The number of hydrogen-bond donors (Lipinski definition) is 1. The Morgan fingerprint density at radius 1 is 0.500 bits per heavy atom. The Kier molecular flexibility index (Phi) is 40.5. The van der Waals surface area contributed by atoms with Gasteiger partial charge in [-0.25, -0.2) is 0 Å². The van der Waals surface area contributed by atoms with Crippen LogP contribution in [0.4, 0.5) is 0 Å². The lowest BCUT2D eigenvalue weighted by atomic mass is 10.0. The fourth-order valence-corrected chi connectivity index (χ4v) is 7.41. The molecule has 1 N–H and O–H groups in total. The number of benzene rings is 1. The van der Waals surface area contributed by atoms with E-state index in [0.29, 0.717) is 32.5 Å². The average Bonchev–Trinajstić information content (AvgIpc) is 3.25. The van der Waals surface area contributed by atoms with E-state index in [-0.39, 0.29) is 24.0 Å². The highest BCUT2D eigenvalue weighted by Gasteiger charge is 2.14. The van der Waals surface area contributed by atoms with Crippen LogP contribution in [0.15, 0.2) is 54.6 Å². The van der Waals surface area contributed by atoms with Crippen molar-refractivity contribution >= 4 is 17.9 Å². The summed E-state index contributed by atoms with van der Waals surface area (Å²) in [6, 6.07) is 9.86. The first kappa shape index (κ1) is 55.1. The largest absolute Gasteiger partial charge is 0.466 e. The van der Waals surface area contributed by atoms with Crippen LogP contribution in [-0.4, -0.2) is 44.2 Å². The number of allylic oxidation sites excluding steroid dienone is 4. The molecule has 0 saturated carbocycles. The minimum atomic E-state index is -0.0888. The highest BCUT2D eigenvalue weighted by molar-refractivity contribution is 5.70. The number of hydrogen-bond acceptors (Lipinski definition) is 7. The lowest BCUT2D eigenvalue weighted by Gasteiger charge is -2.18. The van der Waals surface area contributed by atoms with Crippen LogP contribution < -0.4 is 5.32 Å². The van der Waals surface area contributed by atoms with Crippen molar-refractivity contribution in [3.05, 3.63) is 60.2 Å². The normalized spacial score (nSPS) is 12.0. The standard InChI is InChI=1S/C53H91NO6/c1-3-4-47-58-51(55)43-36-29-25-21-17-13-9-5-7-11-15-19-23-27-34-41-50(60-53(57)45-38-46-54-2)42-35-28-24-20-16-12-8-6-10-14-18-22-26-30-37-44-52(56)59-48-49-39-32-31-33-40-49/h5-6,9-10,31-33,39-40,50,54H,3-4,7-8,11-30,34-38,41-48H2,1-2H3/b9-5-,10-6-. The molecule has 1 rings (SSSR count). The van der Waals surface area contributed by atoms with E-state index < -0.39 is 0 Å². The van der Waals surface area contributed by atoms with E-state index in [1.54, 1.807) is 0 Å². The molecule has 344 valence electrons. The highest BCUT2D eigenvalue weighted by atomic mass is 16.5. The van der Waals surface area contributed by atoms with Gasteiger partial charge in [0.05, 0.1) is 6.61 Å². The first-order valence-electron chi connectivity index (χ1n) is 25.0. The lowest BCUT2D eigenvalue weighted by molar-refractivity contribution is -0.150. The Morgan fingerprint density at radius 3 is 1.38 bits per heavy atom. The smallest absolute Gasteiger partial charge is 0.306 e. The van der Waals surface area contributed by atoms with Gasteiger partial charge >= 0.3 is 17.9 Å². The predicted octanol–water partition coefficient (Wildman–Crippen LogP) is 14.8. The van der Waals surface area contributed by atoms with Crippen LogP contribution in [0.3, 0.4) is 0 Å². The molecule has 0 fully saturated rings. The molecule has 0 spiro atoms. The molecule has 1 aromatic carbocycles. The van der Waals surface area contributed by atoms with Gasteiger partial charge in [0.2, 0.25) is 0 Å². The zero-order valence-electron chi connectivity index (χ0n) is 38.9. The van der Waals surface area contributed by atoms with Crippen LogP contribution in [0.1, 0.15) is 231 Å². The second-order valence-corrected chi connectivity index (χ2v) is 17.0. The molecule has 0 heterocycles. The van der Waals surface area contributed by atoms with E-state index in [1.807, 2.05) is 37.4 Å². The molecule has 1 atom stereocenters. The molecule has 0 saturated heterocycles. The summed E-state index contributed by atoms with van der Waals surface area (Å²) in [5, 5.41) is 3.13. The minimum Gasteiger partial charge on any atom is -0.466 e. The minimum absolute atomic E-state index is 0.0259. The van der Waals surface area contributed by atoms with Crippen molar-refractivity contribution in [1.82, 2.24) is 5.32 Å². The van der Waals surface area contributed by atoms with Crippen molar-refractivity contribution in [2.45, 2.75) is 238 Å². The first-order chi connectivity index (χ1) is 29.5. The number of rotatable bonds is 44. The van der Waals surface area contributed by atoms with Gasteiger partial charge in [0.1, 0.15) is 12.7 Å². The molecular formula is C53H91NO6. The van der Waals surface area contributed by atoms with Crippen LogP contribution in [0.25, 0.3) is 0 Å². The van der Waals surface area contributed by atoms with Crippen LogP contribution in [0, 0.1) is 0 Å². The maximum Gasteiger partial charge on any atom is 0.306 e. The quantitative estimate of drug-likeness (QED) is 0.0303. The third-order valence-corrected chi connectivity index (χ3v) is 11.2. The maximum atomic E-state index is 12.5. The van der Waals surface area contributed by atoms with Gasteiger partial charge in [-0.2, -0.15) is 0 Å². The van der Waals surface area contributed by atoms with Crippen LogP contribution >= 0.6 is 0 Å². The summed E-state index contributed by atoms with van der Waals surface area (Å²) >= 11 is 0. The molecule has 0 aliphatic carbocycles. The van der Waals surface area contributed by atoms with Crippen molar-refractivity contribution in [1.29, 1.82) is 0 Å². The number of carbonyl (C=O) groups excluding carboxylic acids is 3. The molecule has 0 aliphatic rings. The van der Waals surface area contributed by atoms with Crippen molar-refractivity contribution in [2.75, 3.05) is 20.2 Å². The third kappa shape index (κ3) is 39.2. The van der Waals surface area contributed by atoms with Gasteiger partial charge in [-0.3, -0.25) is 14.4 Å². The van der Waals surface area contributed by atoms with Gasteiger partial charge in [0, 0.05) is 19.3 Å². The molecule has 1 unspecified atom stereocenters. The Hall–Kier alpha value is -2.93. The Morgan fingerprint density at radius 2 is 0.917 bits per heavy atom. The third-order valence-electron chi connectivity index (χ3n) is 11.2. The van der Waals surface area contributed by atoms with Crippen LogP contribution in [0.5, 0.6) is 0 Å². The topological polar surface area (TPSA) is 90.9 Å². The fourth-order valence-electron chi connectivity index (χ4n) is 7.41. The fraction of sp³-hybridized carbons (Fsp3) is 0.755. The van der Waals surface area contributed by atoms with E-state index in [1.165, 1.54) is 122 Å². The summed E-state index contributed by atoms with van der Waals surface area (Å²) in [6.45, 7) is 3.91. The Bertz CT molecular complexity index is 1170. The summed E-state index contributed by atoms with van der Waals surface area (Å²) in [7, 11) is 1.93. The molecule has 0 bridgehead atoms. The molecule has 0 aromatic heterocycles. The average molecular weight is 838 g/mol. The summed E-state index contributed by atoms with van der Waals surface area (Å²) < 4.78 is 16.6. The number of unbranched alkanes of at least 4 members (excludes halogenated alkanes) is 23. The lowest BCUT2D eigenvalue weighted by Crippen LogP contribution is -2.19. The molecule has 7 heteroatoms. The van der Waals surface area contributed by atoms with Crippen LogP contribution in [-0.2, 0) is 35.2 Å². The van der Waals surface area contributed by atoms with Gasteiger partial charge in [-0.1, -0.05) is 158 Å². The van der Waals surface area contributed by atoms with Crippen molar-refractivity contribution in [3.8, 4) is 0 Å². The molecule has 0 radical (unpaired) electrons. The first-order valence-corrected chi connectivity index (χ1v) is 25.0. The van der Waals surface area contributed by atoms with Crippen molar-refractivity contribution in [3.63, 3.8) is 0 Å². The zero-order chi connectivity index (χ0) is 43.2. The van der Waals surface area contributed by atoms with Gasteiger partial charge in [-0.05, 0) is 122 Å². The van der Waals surface area contributed by atoms with E-state index in [2.05, 4.69) is 36.5 Å². The molecular weight excluding hydrogens is 747 g/mol. The van der Waals surface area contributed by atoms with Gasteiger partial charge < -0.3 is 19.5 Å². The predicted molar refractivity (Wildman–Crippen MR) is 252 cm³/mol. The Labute approximate surface area is 369 Å². The SMILES string of the molecule is CCCCOC(=O)CCCCCCC/C=C\CCCCCCCCC(CCCCCCCC/C=C\CCCCCCCC(=O)OCc1ccccc1)OC(=O)CCCNC. The molecule has 0 aliphatic heterocycles. The summed E-state index contributed by atoms with van der Waals surface area (Å²) in [6.07, 6.45) is 47.1. The van der Waals surface area contributed by atoms with Gasteiger partial charge in [0.25, 0.3) is 0 Å².